The number of benzene rings is 2. The van der Waals surface area contributed by atoms with Gasteiger partial charge in [-0.2, -0.15) is 0 Å². The molecule has 0 fully saturated rings. The molecule has 0 amide bonds. The van der Waals surface area contributed by atoms with Gasteiger partial charge in [0.25, 0.3) is 0 Å². The number of halogens is 1. The molecule has 24 heavy (non-hydrogen) atoms. The van der Waals surface area contributed by atoms with Crippen LogP contribution in [0.2, 0.25) is 0 Å². The van der Waals surface area contributed by atoms with Gasteiger partial charge in [-0.3, -0.25) is 4.79 Å². The molecule has 118 valence electrons. The Balaban J connectivity index is 1.90. The Morgan fingerprint density at radius 3 is 2.50 bits per heavy atom. The predicted molar refractivity (Wildman–Crippen MR) is 96.8 cm³/mol. The highest BCUT2D eigenvalue weighted by molar-refractivity contribution is 7.16. The summed E-state index contributed by atoms with van der Waals surface area (Å²) in [7, 11) is 0. The summed E-state index contributed by atoms with van der Waals surface area (Å²) >= 11 is 1.55. The fourth-order valence-corrected chi connectivity index (χ4v) is 3.25. The predicted octanol–water partition coefficient (Wildman–Crippen LogP) is 5.55. The van der Waals surface area contributed by atoms with Gasteiger partial charge in [-0.25, -0.2) is 4.39 Å². The molecule has 3 aromatic rings. The van der Waals surface area contributed by atoms with Crippen LogP contribution in [-0.4, -0.2) is 5.78 Å². The standard InChI is InChI=1S/C21H15FOS/c1-2-20(23)18-5-3-4-6-19(18)21-14-13-17(24-21)12-9-15-7-10-16(22)11-8-15/h3-8,10-11,13-14H,2H2,1H3. The van der Waals surface area contributed by atoms with Gasteiger partial charge in [0.15, 0.2) is 5.78 Å². The monoisotopic (exact) mass is 334 g/mol. The molecule has 1 nitrogen and oxygen atoms in total. The third-order valence-electron chi connectivity index (χ3n) is 3.59. The van der Waals surface area contributed by atoms with Crippen molar-refractivity contribution < 1.29 is 9.18 Å². The highest BCUT2D eigenvalue weighted by atomic mass is 32.1. The summed E-state index contributed by atoms with van der Waals surface area (Å²) in [5, 5.41) is 0. The Morgan fingerprint density at radius 2 is 1.75 bits per heavy atom. The van der Waals surface area contributed by atoms with Crippen LogP contribution in [0.5, 0.6) is 0 Å². The van der Waals surface area contributed by atoms with E-state index >= 15 is 0 Å². The molecular formula is C21H15FOS. The van der Waals surface area contributed by atoms with Gasteiger partial charge in [-0.1, -0.05) is 43.0 Å². The SMILES string of the molecule is CCC(=O)c1ccccc1-c1ccc(C#Cc2ccc(F)cc2)s1. The first kappa shape index (κ1) is 16.2. The van der Waals surface area contributed by atoms with Crippen molar-refractivity contribution in [3.63, 3.8) is 0 Å². The first-order valence-corrected chi connectivity index (χ1v) is 8.49. The van der Waals surface area contributed by atoms with Crippen LogP contribution in [0.15, 0.2) is 60.7 Å². The number of hydrogen-bond donors (Lipinski definition) is 0. The van der Waals surface area contributed by atoms with E-state index < -0.39 is 0 Å². The molecule has 1 aromatic heterocycles. The van der Waals surface area contributed by atoms with Crippen molar-refractivity contribution in [2.45, 2.75) is 13.3 Å². The number of thiophene rings is 1. The number of hydrogen-bond acceptors (Lipinski definition) is 2. The average molecular weight is 334 g/mol. The zero-order valence-electron chi connectivity index (χ0n) is 13.2. The molecule has 0 atom stereocenters. The van der Waals surface area contributed by atoms with Crippen molar-refractivity contribution in [2.75, 3.05) is 0 Å². The van der Waals surface area contributed by atoms with Crippen LogP contribution < -0.4 is 0 Å². The van der Waals surface area contributed by atoms with Crippen LogP contribution in [-0.2, 0) is 0 Å². The first-order valence-electron chi connectivity index (χ1n) is 7.67. The third-order valence-corrected chi connectivity index (χ3v) is 4.63. The van der Waals surface area contributed by atoms with Crippen molar-refractivity contribution in [1.29, 1.82) is 0 Å². The summed E-state index contributed by atoms with van der Waals surface area (Å²) in [4.78, 5) is 14.0. The molecule has 0 N–H and O–H groups in total. The van der Waals surface area contributed by atoms with Crippen molar-refractivity contribution in [3.05, 3.63) is 82.5 Å². The van der Waals surface area contributed by atoms with Gasteiger partial charge in [0.2, 0.25) is 0 Å². The van der Waals surface area contributed by atoms with E-state index in [-0.39, 0.29) is 11.6 Å². The molecule has 0 spiro atoms. The van der Waals surface area contributed by atoms with Crippen molar-refractivity contribution in [3.8, 4) is 22.3 Å². The summed E-state index contributed by atoms with van der Waals surface area (Å²) in [5.41, 5.74) is 2.47. The van der Waals surface area contributed by atoms with E-state index in [0.717, 1.165) is 26.4 Å². The lowest BCUT2D eigenvalue weighted by Crippen LogP contribution is -1.98. The van der Waals surface area contributed by atoms with Gasteiger partial charge in [0, 0.05) is 28.0 Å². The molecule has 0 radical (unpaired) electrons. The second kappa shape index (κ2) is 7.25. The smallest absolute Gasteiger partial charge is 0.163 e. The lowest BCUT2D eigenvalue weighted by Gasteiger charge is -2.05. The molecule has 1 heterocycles. The number of carbonyl (C=O) groups is 1. The van der Waals surface area contributed by atoms with Gasteiger partial charge in [0.05, 0.1) is 4.88 Å². The van der Waals surface area contributed by atoms with E-state index in [4.69, 9.17) is 0 Å². The fourth-order valence-electron chi connectivity index (χ4n) is 2.35. The van der Waals surface area contributed by atoms with E-state index in [1.54, 1.807) is 23.5 Å². The molecule has 0 saturated carbocycles. The molecule has 0 unspecified atom stereocenters. The van der Waals surface area contributed by atoms with Crippen LogP contribution in [0.3, 0.4) is 0 Å². The summed E-state index contributed by atoms with van der Waals surface area (Å²) in [5.74, 6) is 5.99. The van der Waals surface area contributed by atoms with Crippen molar-refractivity contribution >= 4 is 17.1 Å². The Morgan fingerprint density at radius 1 is 1.00 bits per heavy atom. The van der Waals surface area contributed by atoms with Crippen LogP contribution >= 0.6 is 11.3 Å². The van der Waals surface area contributed by atoms with E-state index in [1.165, 1.54) is 12.1 Å². The number of Topliss-reactive ketones (excluding diaryl/α,β-unsaturated/α-hetero) is 1. The molecule has 0 bridgehead atoms. The maximum absolute atomic E-state index is 12.9. The highest BCUT2D eigenvalue weighted by Gasteiger charge is 2.11. The topological polar surface area (TPSA) is 17.1 Å². The molecule has 3 heteroatoms. The van der Waals surface area contributed by atoms with Crippen LogP contribution in [0.25, 0.3) is 10.4 Å². The Kier molecular flexibility index (Phi) is 4.88. The molecule has 0 aliphatic heterocycles. The Hall–Kier alpha value is -2.70. The van der Waals surface area contributed by atoms with Gasteiger partial charge in [0.1, 0.15) is 5.82 Å². The largest absolute Gasteiger partial charge is 0.294 e. The summed E-state index contributed by atoms with van der Waals surface area (Å²) < 4.78 is 12.9. The van der Waals surface area contributed by atoms with Gasteiger partial charge in [-0.15, -0.1) is 11.3 Å². The first-order chi connectivity index (χ1) is 11.7. The average Bonchev–Trinajstić information content (AvgIpc) is 3.09. The lowest BCUT2D eigenvalue weighted by molar-refractivity contribution is 0.0989. The normalized spacial score (nSPS) is 10.1. The number of carbonyl (C=O) groups excluding carboxylic acids is 1. The molecule has 2 aromatic carbocycles. The highest BCUT2D eigenvalue weighted by Crippen LogP contribution is 2.31. The quantitative estimate of drug-likeness (QED) is 0.453. The molecule has 0 aliphatic rings. The zero-order valence-corrected chi connectivity index (χ0v) is 14.0. The van der Waals surface area contributed by atoms with Crippen molar-refractivity contribution in [1.82, 2.24) is 0 Å². The summed E-state index contributed by atoms with van der Waals surface area (Å²) in [6.07, 6.45) is 0.486. The maximum atomic E-state index is 12.9. The fraction of sp³-hybridized carbons (Fsp3) is 0.0952. The third kappa shape index (κ3) is 3.61. The van der Waals surface area contributed by atoms with E-state index in [2.05, 4.69) is 11.8 Å². The van der Waals surface area contributed by atoms with Crippen LogP contribution in [0.1, 0.15) is 34.1 Å². The van der Waals surface area contributed by atoms with E-state index in [9.17, 15) is 9.18 Å². The molecule has 0 saturated heterocycles. The number of ketones is 1. The molecular weight excluding hydrogens is 319 g/mol. The van der Waals surface area contributed by atoms with E-state index in [0.29, 0.717) is 6.42 Å². The maximum Gasteiger partial charge on any atom is 0.163 e. The minimum absolute atomic E-state index is 0.137. The zero-order chi connectivity index (χ0) is 16.9. The van der Waals surface area contributed by atoms with E-state index in [1.807, 2.05) is 43.3 Å². The lowest BCUT2D eigenvalue weighted by atomic mass is 10.0. The number of rotatable bonds is 3. The Bertz CT molecular complexity index is 926. The van der Waals surface area contributed by atoms with Gasteiger partial charge < -0.3 is 0 Å². The minimum Gasteiger partial charge on any atom is -0.294 e. The van der Waals surface area contributed by atoms with Crippen LogP contribution in [0, 0.1) is 17.7 Å². The molecule has 0 aliphatic carbocycles. The second-order valence-electron chi connectivity index (χ2n) is 5.24. The summed E-state index contributed by atoms with van der Waals surface area (Å²) in [6, 6.07) is 17.7. The minimum atomic E-state index is -0.267. The van der Waals surface area contributed by atoms with Gasteiger partial charge in [-0.05, 0) is 36.4 Å². The summed E-state index contributed by atoms with van der Waals surface area (Å²) in [6.45, 7) is 1.87. The van der Waals surface area contributed by atoms with Gasteiger partial charge >= 0.3 is 0 Å². The second-order valence-corrected chi connectivity index (χ2v) is 6.33. The Labute approximate surface area is 144 Å². The van der Waals surface area contributed by atoms with Crippen molar-refractivity contribution in [2.24, 2.45) is 0 Å². The molecule has 3 rings (SSSR count). The van der Waals surface area contributed by atoms with Crippen LogP contribution in [0.4, 0.5) is 4.39 Å².